The lowest BCUT2D eigenvalue weighted by atomic mass is 10.0. The maximum absolute atomic E-state index is 6.08. The average molecular weight is 303 g/mol. The Hall–Kier alpha value is -1.87. The summed E-state index contributed by atoms with van der Waals surface area (Å²) < 4.78 is 6.04. The molecule has 0 saturated carbocycles. The Balaban J connectivity index is 1.95. The zero-order chi connectivity index (χ0) is 15.0. The molecular weight excluding hydrogens is 284 g/mol. The predicted octanol–water partition coefficient (Wildman–Crippen LogP) is 4.10. The minimum Gasteiger partial charge on any atom is -0.484 e. The van der Waals surface area contributed by atoms with E-state index in [0.717, 1.165) is 29.5 Å². The van der Waals surface area contributed by atoms with E-state index in [1.54, 1.807) is 0 Å². The Bertz CT molecular complexity index is 670. The first-order valence-corrected chi connectivity index (χ1v) is 7.39. The van der Waals surface area contributed by atoms with Crippen LogP contribution in [0.1, 0.15) is 19.4 Å². The molecule has 0 aliphatic carbocycles. The van der Waals surface area contributed by atoms with Crippen molar-refractivity contribution in [2.45, 2.75) is 26.0 Å². The number of nitrogens with two attached hydrogens (primary N) is 1. The average Bonchev–Trinajstić information content (AvgIpc) is 2.36. The van der Waals surface area contributed by atoms with Gasteiger partial charge in [0.1, 0.15) is 11.4 Å². The summed E-state index contributed by atoms with van der Waals surface area (Å²) in [5, 5.41) is 0.762. The second-order valence-corrected chi connectivity index (χ2v) is 6.51. The summed E-state index contributed by atoms with van der Waals surface area (Å²) in [6, 6.07) is 13.8. The van der Waals surface area contributed by atoms with Crippen molar-refractivity contribution in [3.63, 3.8) is 0 Å². The Labute approximate surface area is 130 Å². The van der Waals surface area contributed by atoms with Gasteiger partial charge in [0, 0.05) is 23.3 Å². The van der Waals surface area contributed by atoms with Gasteiger partial charge in [-0.3, -0.25) is 0 Å². The van der Waals surface area contributed by atoms with Gasteiger partial charge in [0.2, 0.25) is 0 Å². The molecule has 110 valence electrons. The monoisotopic (exact) mass is 302 g/mol. The Kier molecular flexibility index (Phi) is 3.46. The molecule has 0 radical (unpaired) electrons. The Morgan fingerprint density at radius 1 is 1.24 bits per heavy atom. The molecule has 0 saturated heterocycles. The van der Waals surface area contributed by atoms with Crippen LogP contribution in [0.4, 0.5) is 11.4 Å². The van der Waals surface area contributed by atoms with Gasteiger partial charge in [0.25, 0.3) is 0 Å². The SMILES string of the molecule is CC1(C)CN(Cc2cccc(Cl)c2)c2ccc(N)cc2O1. The van der Waals surface area contributed by atoms with E-state index in [0.29, 0.717) is 5.69 Å². The zero-order valence-electron chi connectivity index (χ0n) is 12.3. The zero-order valence-corrected chi connectivity index (χ0v) is 13.0. The quantitative estimate of drug-likeness (QED) is 0.849. The summed E-state index contributed by atoms with van der Waals surface area (Å²) in [5.41, 5.74) is 8.59. The number of nitrogens with zero attached hydrogens (tertiary/aromatic N) is 1. The number of rotatable bonds is 2. The van der Waals surface area contributed by atoms with Crippen LogP contribution in [-0.2, 0) is 6.54 Å². The molecule has 0 spiro atoms. The first kappa shape index (κ1) is 14.1. The smallest absolute Gasteiger partial charge is 0.145 e. The normalized spacial score (nSPS) is 16.2. The summed E-state index contributed by atoms with van der Waals surface area (Å²) in [7, 11) is 0. The molecule has 0 amide bonds. The summed E-state index contributed by atoms with van der Waals surface area (Å²) >= 11 is 6.08. The summed E-state index contributed by atoms with van der Waals surface area (Å²) in [6.07, 6.45) is 0. The number of ether oxygens (including phenoxy) is 1. The fourth-order valence-corrected chi connectivity index (χ4v) is 2.96. The summed E-state index contributed by atoms with van der Waals surface area (Å²) in [6.45, 7) is 5.79. The molecule has 0 bridgehead atoms. The van der Waals surface area contributed by atoms with Crippen LogP contribution in [0.15, 0.2) is 42.5 Å². The van der Waals surface area contributed by atoms with Crippen molar-refractivity contribution < 1.29 is 4.74 Å². The second-order valence-electron chi connectivity index (χ2n) is 6.07. The highest BCUT2D eigenvalue weighted by molar-refractivity contribution is 6.30. The number of benzene rings is 2. The van der Waals surface area contributed by atoms with Crippen LogP contribution >= 0.6 is 11.6 Å². The number of hydrogen-bond acceptors (Lipinski definition) is 3. The minimum absolute atomic E-state index is 0.251. The fourth-order valence-electron chi connectivity index (χ4n) is 2.75. The van der Waals surface area contributed by atoms with E-state index in [9.17, 15) is 0 Å². The molecule has 1 heterocycles. The predicted molar refractivity (Wildman–Crippen MR) is 88.1 cm³/mol. The van der Waals surface area contributed by atoms with Gasteiger partial charge in [-0.2, -0.15) is 0 Å². The standard InChI is InChI=1S/C17H19ClN2O/c1-17(2)11-20(10-12-4-3-5-13(18)8-12)15-7-6-14(19)9-16(15)21-17/h3-9H,10-11,19H2,1-2H3. The molecule has 2 aromatic rings. The van der Waals surface area contributed by atoms with Crippen molar-refractivity contribution in [3.05, 3.63) is 53.1 Å². The van der Waals surface area contributed by atoms with E-state index in [2.05, 4.69) is 24.8 Å². The Morgan fingerprint density at radius 2 is 2.05 bits per heavy atom. The molecule has 0 unspecified atom stereocenters. The third kappa shape index (κ3) is 3.08. The van der Waals surface area contributed by atoms with E-state index in [1.165, 1.54) is 5.56 Å². The molecule has 0 aromatic heterocycles. The minimum atomic E-state index is -0.251. The second kappa shape index (κ2) is 5.15. The molecule has 3 nitrogen and oxygen atoms in total. The third-order valence-electron chi connectivity index (χ3n) is 3.54. The number of halogens is 1. The number of hydrogen-bond donors (Lipinski definition) is 1. The van der Waals surface area contributed by atoms with E-state index in [4.69, 9.17) is 22.1 Å². The van der Waals surface area contributed by atoms with Crippen LogP contribution in [-0.4, -0.2) is 12.1 Å². The molecule has 1 aliphatic rings. The lowest BCUT2D eigenvalue weighted by Crippen LogP contribution is -2.46. The number of nitrogen functional groups attached to an aromatic ring is 1. The van der Waals surface area contributed by atoms with Gasteiger partial charge in [0.15, 0.2) is 0 Å². The van der Waals surface area contributed by atoms with Crippen LogP contribution in [0.2, 0.25) is 5.02 Å². The molecule has 1 aliphatic heterocycles. The van der Waals surface area contributed by atoms with Crippen LogP contribution < -0.4 is 15.4 Å². The number of anilines is 2. The van der Waals surface area contributed by atoms with Gasteiger partial charge >= 0.3 is 0 Å². The van der Waals surface area contributed by atoms with E-state index < -0.39 is 0 Å². The highest BCUT2D eigenvalue weighted by atomic mass is 35.5. The van der Waals surface area contributed by atoms with Crippen molar-refractivity contribution in [2.75, 3.05) is 17.2 Å². The molecule has 3 rings (SSSR count). The van der Waals surface area contributed by atoms with Gasteiger partial charge in [-0.25, -0.2) is 0 Å². The topological polar surface area (TPSA) is 38.5 Å². The van der Waals surface area contributed by atoms with Crippen molar-refractivity contribution in [1.82, 2.24) is 0 Å². The molecule has 0 atom stereocenters. The molecule has 0 fully saturated rings. The summed E-state index contributed by atoms with van der Waals surface area (Å²) in [5.74, 6) is 0.841. The highest BCUT2D eigenvalue weighted by Crippen LogP contribution is 2.39. The molecule has 2 aromatic carbocycles. The first-order chi connectivity index (χ1) is 9.93. The van der Waals surface area contributed by atoms with Gasteiger partial charge in [-0.05, 0) is 43.7 Å². The van der Waals surface area contributed by atoms with Crippen molar-refractivity contribution in [1.29, 1.82) is 0 Å². The van der Waals surface area contributed by atoms with Crippen molar-refractivity contribution in [2.24, 2.45) is 0 Å². The van der Waals surface area contributed by atoms with Crippen LogP contribution in [0.5, 0.6) is 5.75 Å². The fraction of sp³-hybridized carbons (Fsp3) is 0.294. The number of fused-ring (bicyclic) bond motifs is 1. The lowest BCUT2D eigenvalue weighted by molar-refractivity contribution is 0.104. The van der Waals surface area contributed by atoms with Crippen molar-refractivity contribution in [3.8, 4) is 5.75 Å². The summed E-state index contributed by atoms with van der Waals surface area (Å²) in [4.78, 5) is 2.31. The largest absolute Gasteiger partial charge is 0.484 e. The van der Waals surface area contributed by atoms with Gasteiger partial charge < -0.3 is 15.4 Å². The maximum Gasteiger partial charge on any atom is 0.145 e. The Morgan fingerprint density at radius 3 is 2.81 bits per heavy atom. The van der Waals surface area contributed by atoms with Crippen molar-refractivity contribution >= 4 is 23.0 Å². The van der Waals surface area contributed by atoms with Gasteiger partial charge in [-0.15, -0.1) is 0 Å². The molecule has 4 heteroatoms. The van der Waals surface area contributed by atoms with E-state index in [-0.39, 0.29) is 5.60 Å². The van der Waals surface area contributed by atoms with Gasteiger partial charge in [0.05, 0.1) is 12.2 Å². The first-order valence-electron chi connectivity index (χ1n) is 7.01. The maximum atomic E-state index is 6.08. The van der Waals surface area contributed by atoms with E-state index in [1.807, 2.05) is 36.4 Å². The highest BCUT2D eigenvalue weighted by Gasteiger charge is 2.31. The molecule has 21 heavy (non-hydrogen) atoms. The van der Waals surface area contributed by atoms with Gasteiger partial charge in [-0.1, -0.05) is 23.7 Å². The molecule has 2 N–H and O–H groups in total. The third-order valence-corrected chi connectivity index (χ3v) is 3.78. The molecular formula is C17H19ClN2O. The van der Waals surface area contributed by atoms with E-state index >= 15 is 0 Å². The van der Waals surface area contributed by atoms with Crippen LogP contribution in [0.25, 0.3) is 0 Å². The lowest BCUT2D eigenvalue weighted by Gasteiger charge is -2.41. The van der Waals surface area contributed by atoms with Crippen LogP contribution in [0, 0.1) is 0 Å². The van der Waals surface area contributed by atoms with Crippen LogP contribution in [0.3, 0.4) is 0 Å².